The number of nitrogens with zero attached hydrogens (tertiary/aromatic N) is 3. The summed E-state index contributed by atoms with van der Waals surface area (Å²) < 4.78 is 5.57. The van der Waals surface area contributed by atoms with Crippen LogP contribution in [-0.4, -0.2) is 61.6 Å². The van der Waals surface area contributed by atoms with E-state index in [-0.39, 0.29) is 5.91 Å². The zero-order valence-electron chi connectivity index (χ0n) is 16.4. The minimum absolute atomic E-state index is 0.114. The average Bonchev–Trinajstić information content (AvgIpc) is 2.70. The van der Waals surface area contributed by atoms with Gasteiger partial charge in [0.05, 0.1) is 18.8 Å². The fraction of sp³-hybridized carbons (Fsp3) is 0.409. The maximum atomic E-state index is 13.0. The Balaban J connectivity index is 1.60. The summed E-state index contributed by atoms with van der Waals surface area (Å²) in [5.41, 5.74) is 3.12. The fourth-order valence-corrected chi connectivity index (χ4v) is 3.40. The van der Waals surface area contributed by atoms with Crippen LogP contribution in [-0.2, 0) is 9.53 Å². The number of amides is 1. The van der Waals surface area contributed by atoms with Gasteiger partial charge in [0.25, 0.3) is 0 Å². The van der Waals surface area contributed by atoms with Crippen molar-refractivity contribution in [3.63, 3.8) is 0 Å². The highest BCUT2D eigenvalue weighted by Crippen LogP contribution is 2.23. The Morgan fingerprint density at radius 1 is 1.15 bits per heavy atom. The molecule has 0 radical (unpaired) electrons. The van der Waals surface area contributed by atoms with Gasteiger partial charge in [-0.1, -0.05) is 36.4 Å². The van der Waals surface area contributed by atoms with Crippen molar-refractivity contribution >= 4 is 11.6 Å². The molecule has 1 aromatic rings. The Morgan fingerprint density at radius 2 is 1.85 bits per heavy atom. The molecule has 0 bridgehead atoms. The molecule has 0 aliphatic carbocycles. The van der Waals surface area contributed by atoms with E-state index in [0.29, 0.717) is 25.5 Å². The first-order valence-corrected chi connectivity index (χ1v) is 9.58. The Kier molecular flexibility index (Phi) is 6.35. The summed E-state index contributed by atoms with van der Waals surface area (Å²) in [6.07, 6.45) is 3.99. The van der Waals surface area contributed by atoms with E-state index in [0.717, 1.165) is 37.4 Å². The van der Waals surface area contributed by atoms with Crippen LogP contribution >= 0.6 is 0 Å². The van der Waals surface area contributed by atoms with Crippen molar-refractivity contribution in [3.05, 3.63) is 66.1 Å². The number of morpholine rings is 1. The topological polar surface area (TPSA) is 36.0 Å². The Bertz CT molecular complexity index is 731. The van der Waals surface area contributed by atoms with Gasteiger partial charge < -0.3 is 14.5 Å². The second kappa shape index (κ2) is 8.91. The van der Waals surface area contributed by atoms with Crippen molar-refractivity contribution < 1.29 is 9.53 Å². The lowest BCUT2D eigenvalue weighted by molar-refractivity contribution is -0.132. The standard InChI is InChI=1S/C22H29N3O2/c1-4-18(2)16-21-19(3)27-15-14-25(21)22(26)17-23-10-12-24(13-11-23)20-8-6-5-7-9-20/h4-9,16H,3,10-15,17H2,1-2H3/b18-4-,21-16+. The third-order valence-corrected chi connectivity index (χ3v) is 5.14. The molecular formula is C22H29N3O2. The van der Waals surface area contributed by atoms with Crippen LogP contribution in [0.1, 0.15) is 13.8 Å². The number of anilines is 1. The number of carbonyl (C=O) groups is 1. The van der Waals surface area contributed by atoms with Gasteiger partial charge in [-0.2, -0.15) is 0 Å². The molecule has 2 aliphatic rings. The van der Waals surface area contributed by atoms with Crippen molar-refractivity contribution in [2.75, 3.05) is 50.8 Å². The summed E-state index contributed by atoms with van der Waals surface area (Å²) in [6, 6.07) is 10.4. The van der Waals surface area contributed by atoms with Crippen LogP contribution in [0, 0.1) is 0 Å². The molecule has 0 N–H and O–H groups in total. The van der Waals surface area contributed by atoms with Crippen molar-refractivity contribution in [3.8, 4) is 0 Å². The van der Waals surface area contributed by atoms with Crippen molar-refractivity contribution in [1.29, 1.82) is 0 Å². The summed E-state index contributed by atoms with van der Waals surface area (Å²) in [6.45, 7) is 13.1. The lowest BCUT2D eigenvalue weighted by atomic mass is 10.1. The van der Waals surface area contributed by atoms with E-state index in [2.05, 4.69) is 40.6 Å². The molecule has 5 nitrogen and oxygen atoms in total. The van der Waals surface area contributed by atoms with Gasteiger partial charge in [-0.25, -0.2) is 0 Å². The van der Waals surface area contributed by atoms with Gasteiger partial charge >= 0.3 is 0 Å². The van der Waals surface area contributed by atoms with E-state index in [9.17, 15) is 4.79 Å². The van der Waals surface area contributed by atoms with Gasteiger partial charge in [-0.3, -0.25) is 9.69 Å². The van der Waals surface area contributed by atoms with Crippen LogP contribution in [0.15, 0.2) is 66.1 Å². The maximum Gasteiger partial charge on any atom is 0.241 e. The summed E-state index contributed by atoms with van der Waals surface area (Å²) in [7, 11) is 0. The molecule has 2 aliphatic heterocycles. The van der Waals surface area contributed by atoms with E-state index in [1.165, 1.54) is 5.69 Å². The molecule has 0 atom stereocenters. The number of allylic oxidation sites excluding steroid dienone is 3. The van der Waals surface area contributed by atoms with E-state index in [4.69, 9.17) is 4.74 Å². The highest BCUT2D eigenvalue weighted by atomic mass is 16.5. The second-order valence-electron chi connectivity index (χ2n) is 6.98. The smallest absolute Gasteiger partial charge is 0.241 e. The van der Waals surface area contributed by atoms with Crippen molar-refractivity contribution in [1.82, 2.24) is 9.80 Å². The van der Waals surface area contributed by atoms with E-state index < -0.39 is 0 Å². The summed E-state index contributed by atoms with van der Waals surface area (Å²) in [4.78, 5) is 19.4. The Hall–Kier alpha value is -2.53. The van der Waals surface area contributed by atoms with Gasteiger partial charge in [0.1, 0.15) is 12.4 Å². The van der Waals surface area contributed by atoms with Crippen LogP contribution in [0.3, 0.4) is 0 Å². The number of para-hydroxylation sites is 1. The lowest BCUT2D eigenvalue weighted by Gasteiger charge is -2.37. The molecule has 0 unspecified atom stereocenters. The monoisotopic (exact) mass is 367 g/mol. The molecule has 144 valence electrons. The first kappa shape index (κ1) is 19.2. The third-order valence-electron chi connectivity index (χ3n) is 5.14. The summed E-state index contributed by atoms with van der Waals surface area (Å²) >= 11 is 0. The largest absolute Gasteiger partial charge is 0.490 e. The Labute approximate surface area is 162 Å². The van der Waals surface area contributed by atoms with Crippen LogP contribution in [0.4, 0.5) is 5.69 Å². The molecule has 5 heteroatoms. The van der Waals surface area contributed by atoms with E-state index >= 15 is 0 Å². The lowest BCUT2D eigenvalue weighted by Crippen LogP contribution is -2.51. The number of hydrogen-bond donors (Lipinski definition) is 0. The number of carbonyl (C=O) groups excluding carboxylic acids is 1. The molecule has 3 rings (SSSR count). The quantitative estimate of drug-likeness (QED) is 0.820. The van der Waals surface area contributed by atoms with Gasteiger partial charge in [0.2, 0.25) is 5.91 Å². The van der Waals surface area contributed by atoms with Crippen LogP contribution in [0.25, 0.3) is 0 Å². The first-order chi connectivity index (χ1) is 13.1. The molecule has 2 saturated heterocycles. The Morgan fingerprint density at radius 3 is 2.52 bits per heavy atom. The molecule has 1 amide bonds. The van der Waals surface area contributed by atoms with Crippen molar-refractivity contribution in [2.45, 2.75) is 13.8 Å². The van der Waals surface area contributed by atoms with Crippen LogP contribution in [0.2, 0.25) is 0 Å². The molecule has 2 heterocycles. The third kappa shape index (κ3) is 4.80. The predicted octanol–water partition coefficient (Wildman–Crippen LogP) is 3.03. The number of piperazine rings is 1. The zero-order chi connectivity index (χ0) is 19.2. The average molecular weight is 367 g/mol. The normalized spacial score (nSPS) is 20.7. The summed E-state index contributed by atoms with van der Waals surface area (Å²) in [5.74, 6) is 0.687. The van der Waals surface area contributed by atoms with Gasteiger partial charge in [0.15, 0.2) is 0 Å². The van der Waals surface area contributed by atoms with Crippen LogP contribution < -0.4 is 4.90 Å². The molecule has 1 aromatic carbocycles. The highest BCUT2D eigenvalue weighted by Gasteiger charge is 2.27. The van der Waals surface area contributed by atoms with Gasteiger partial charge in [-0.15, -0.1) is 0 Å². The zero-order valence-corrected chi connectivity index (χ0v) is 16.4. The van der Waals surface area contributed by atoms with Crippen LogP contribution in [0.5, 0.6) is 0 Å². The minimum atomic E-state index is 0.114. The van der Waals surface area contributed by atoms with Gasteiger partial charge in [-0.05, 0) is 32.1 Å². The van der Waals surface area contributed by atoms with Gasteiger partial charge in [0, 0.05) is 31.9 Å². The molecule has 0 spiro atoms. The molecule has 2 fully saturated rings. The highest BCUT2D eigenvalue weighted by molar-refractivity contribution is 5.81. The number of hydrogen-bond acceptors (Lipinski definition) is 4. The number of ether oxygens (including phenoxy) is 1. The first-order valence-electron chi connectivity index (χ1n) is 9.58. The predicted molar refractivity (Wildman–Crippen MR) is 109 cm³/mol. The number of benzene rings is 1. The molecule has 0 saturated carbocycles. The second-order valence-corrected chi connectivity index (χ2v) is 6.98. The molecule has 27 heavy (non-hydrogen) atoms. The SMILES string of the molecule is C=C1OCCN(C(=O)CN2CCN(c3ccccc3)CC2)/C1=C/C(C)=C\C. The van der Waals surface area contributed by atoms with Crippen molar-refractivity contribution in [2.24, 2.45) is 0 Å². The molecule has 0 aromatic heterocycles. The van der Waals surface area contributed by atoms with E-state index in [1.807, 2.05) is 37.0 Å². The minimum Gasteiger partial charge on any atom is -0.490 e. The van der Waals surface area contributed by atoms with E-state index in [1.54, 1.807) is 0 Å². The number of rotatable bonds is 4. The molecular weight excluding hydrogens is 338 g/mol. The summed E-state index contributed by atoms with van der Waals surface area (Å²) in [5, 5.41) is 0. The maximum absolute atomic E-state index is 13.0. The fourth-order valence-electron chi connectivity index (χ4n) is 3.40.